The van der Waals surface area contributed by atoms with Gasteiger partial charge in [0.15, 0.2) is 6.61 Å². The molecule has 1 N–H and O–H groups in total. The van der Waals surface area contributed by atoms with Crippen molar-refractivity contribution in [1.82, 2.24) is 0 Å². The molecular weight excluding hydrogens is 431 g/mol. The minimum atomic E-state index is -3.57. The van der Waals surface area contributed by atoms with Crippen LogP contribution < -0.4 is 14.4 Å². The summed E-state index contributed by atoms with van der Waals surface area (Å²) in [5, 5.41) is 2.82. The first-order chi connectivity index (χ1) is 15.1. The Morgan fingerprint density at radius 2 is 1.66 bits per heavy atom. The largest absolute Gasteiger partial charge is 0.484 e. The third kappa shape index (κ3) is 6.07. The number of halogens is 1. The maximum Gasteiger partial charge on any atom is 0.262 e. The molecule has 0 radical (unpaired) electrons. The van der Waals surface area contributed by atoms with Crippen LogP contribution in [0.4, 0.5) is 15.8 Å². The number of hydrogen-bond acceptors (Lipinski definition) is 4. The van der Waals surface area contributed by atoms with E-state index in [4.69, 9.17) is 4.74 Å². The lowest BCUT2D eigenvalue weighted by molar-refractivity contribution is -0.118. The molecule has 0 saturated carbocycles. The van der Waals surface area contributed by atoms with Crippen LogP contribution in [-0.4, -0.2) is 27.2 Å². The lowest BCUT2D eigenvalue weighted by Gasteiger charge is -2.23. The molecule has 168 valence electrons. The zero-order chi connectivity index (χ0) is 23.3. The summed E-state index contributed by atoms with van der Waals surface area (Å²) in [7, 11) is -3.57. The van der Waals surface area contributed by atoms with Gasteiger partial charge in [0.1, 0.15) is 11.6 Å². The van der Waals surface area contributed by atoms with Gasteiger partial charge in [-0.15, -0.1) is 0 Å². The fourth-order valence-corrected chi connectivity index (χ4v) is 3.97. The summed E-state index contributed by atoms with van der Waals surface area (Å²) in [6, 6.07) is 17.7. The highest BCUT2D eigenvalue weighted by Gasteiger charge is 2.18. The fraction of sp³-hybridized carbons (Fsp3) is 0.208. The molecule has 8 heteroatoms. The molecule has 32 heavy (non-hydrogen) atoms. The van der Waals surface area contributed by atoms with Crippen molar-refractivity contribution in [3.8, 4) is 5.75 Å². The van der Waals surface area contributed by atoms with E-state index in [1.165, 1.54) is 16.4 Å². The van der Waals surface area contributed by atoms with Crippen LogP contribution in [0.2, 0.25) is 0 Å². The number of carbonyl (C=O) groups excluding carboxylic acids is 1. The molecule has 0 aliphatic carbocycles. The lowest BCUT2D eigenvalue weighted by atomic mass is 10.1. The summed E-state index contributed by atoms with van der Waals surface area (Å²) in [5.41, 5.74) is 3.89. The van der Waals surface area contributed by atoms with E-state index in [9.17, 15) is 17.6 Å². The van der Waals surface area contributed by atoms with Crippen molar-refractivity contribution < 1.29 is 22.3 Å². The molecule has 0 spiro atoms. The minimum Gasteiger partial charge on any atom is -0.484 e. The zero-order valence-electron chi connectivity index (χ0n) is 18.1. The number of amides is 1. The minimum absolute atomic E-state index is 0.0670. The number of nitrogens with one attached hydrogen (secondary N) is 1. The number of rotatable bonds is 8. The molecule has 3 rings (SSSR count). The maximum absolute atomic E-state index is 13.1. The van der Waals surface area contributed by atoms with Crippen molar-refractivity contribution in [2.24, 2.45) is 0 Å². The van der Waals surface area contributed by atoms with Crippen molar-refractivity contribution >= 4 is 27.3 Å². The smallest absolute Gasteiger partial charge is 0.262 e. The lowest BCUT2D eigenvalue weighted by Crippen LogP contribution is -2.29. The van der Waals surface area contributed by atoms with E-state index in [-0.39, 0.29) is 24.9 Å². The molecule has 0 unspecified atom stereocenters. The SMILES string of the molecule is Cc1cccc(NC(=O)COc2ccc(N(Cc3ccc(F)cc3)S(C)(=O)=O)cc2)c1C. The molecule has 3 aromatic carbocycles. The normalized spacial score (nSPS) is 11.1. The Kier molecular flexibility index (Phi) is 7.15. The second-order valence-electron chi connectivity index (χ2n) is 7.47. The highest BCUT2D eigenvalue weighted by atomic mass is 32.2. The second kappa shape index (κ2) is 9.82. The second-order valence-corrected chi connectivity index (χ2v) is 9.38. The van der Waals surface area contributed by atoms with Gasteiger partial charge in [0, 0.05) is 5.69 Å². The summed E-state index contributed by atoms with van der Waals surface area (Å²) in [6.45, 7) is 3.79. The van der Waals surface area contributed by atoms with Crippen LogP contribution in [0.1, 0.15) is 16.7 Å². The van der Waals surface area contributed by atoms with E-state index < -0.39 is 10.0 Å². The number of ether oxygens (including phenoxy) is 1. The van der Waals surface area contributed by atoms with E-state index in [0.29, 0.717) is 17.0 Å². The molecule has 0 fully saturated rings. The Morgan fingerprint density at radius 3 is 2.28 bits per heavy atom. The van der Waals surface area contributed by atoms with Gasteiger partial charge in [0.25, 0.3) is 5.91 Å². The molecule has 0 aliphatic rings. The number of benzene rings is 3. The van der Waals surface area contributed by atoms with Gasteiger partial charge in [0.2, 0.25) is 10.0 Å². The van der Waals surface area contributed by atoms with E-state index in [1.54, 1.807) is 36.4 Å². The molecule has 0 atom stereocenters. The average Bonchev–Trinajstić information content (AvgIpc) is 2.75. The van der Waals surface area contributed by atoms with Crippen LogP contribution in [0.3, 0.4) is 0 Å². The van der Waals surface area contributed by atoms with Crippen molar-refractivity contribution in [3.63, 3.8) is 0 Å². The first kappa shape index (κ1) is 23.3. The quantitative estimate of drug-likeness (QED) is 0.544. The molecule has 6 nitrogen and oxygen atoms in total. The van der Waals surface area contributed by atoms with Crippen molar-refractivity contribution in [2.75, 3.05) is 22.5 Å². The van der Waals surface area contributed by atoms with E-state index in [0.717, 1.165) is 23.1 Å². The molecule has 0 heterocycles. The number of hydrogen-bond donors (Lipinski definition) is 1. The standard InChI is InChI=1S/C24H25FN2O4S/c1-17-5-4-6-23(18(17)2)26-24(28)16-31-22-13-11-21(12-14-22)27(32(3,29)30)15-19-7-9-20(25)10-8-19/h4-14H,15-16H2,1-3H3,(H,26,28). The Hall–Kier alpha value is -3.39. The number of carbonyl (C=O) groups is 1. The van der Waals surface area contributed by atoms with Crippen LogP contribution >= 0.6 is 0 Å². The summed E-state index contributed by atoms with van der Waals surface area (Å²) in [6.07, 6.45) is 1.11. The van der Waals surface area contributed by atoms with Crippen LogP contribution in [0.25, 0.3) is 0 Å². The molecule has 0 bridgehead atoms. The van der Waals surface area contributed by atoms with Crippen LogP contribution in [-0.2, 0) is 21.4 Å². The number of nitrogens with zero attached hydrogens (tertiary/aromatic N) is 1. The predicted molar refractivity (Wildman–Crippen MR) is 124 cm³/mol. The number of anilines is 2. The maximum atomic E-state index is 13.1. The van der Waals surface area contributed by atoms with Gasteiger partial charge in [-0.1, -0.05) is 24.3 Å². The molecule has 3 aromatic rings. The summed E-state index contributed by atoms with van der Waals surface area (Å²) in [4.78, 5) is 12.2. The van der Waals surface area contributed by atoms with E-state index in [2.05, 4.69) is 5.32 Å². The highest BCUT2D eigenvalue weighted by Crippen LogP contribution is 2.24. The molecule has 1 amide bonds. The van der Waals surface area contributed by atoms with Gasteiger partial charge >= 0.3 is 0 Å². The third-order valence-corrected chi connectivity index (χ3v) is 6.15. The summed E-state index contributed by atoms with van der Waals surface area (Å²) < 4.78 is 44.5. The van der Waals surface area contributed by atoms with Crippen molar-refractivity contribution in [3.05, 3.63) is 89.2 Å². The first-order valence-corrected chi connectivity index (χ1v) is 11.8. The molecule has 0 aliphatic heterocycles. The Balaban J connectivity index is 1.65. The molecular formula is C24H25FN2O4S. The zero-order valence-corrected chi connectivity index (χ0v) is 18.9. The van der Waals surface area contributed by atoms with Crippen molar-refractivity contribution in [2.45, 2.75) is 20.4 Å². The topological polar surface area (TPSA) is 75.7 Å². The van der Waals surface area contributed by atoms with Crippen LogP contribution in [0.15, 0.2) is 66.7 Å². The van der Waals surface area contributed by atoms with Crippen LogP contribution in [0.5, 0.6) is 5.75 Å². The van der Waals surface area contributed by atoms with Crippen molar-refractivity contribution in [1.29, 1.82) is 0 Å². The van der Waals surface area contributed by atoms with Gasteiger partial charge in [-0.2, -0.15) is 0 Å². The van der Waals surface area contributed by atoms with E-state index in [1.807, 2.05) is 32.0 Å². The predicted octanol–water partition coefficient (Wildman–Crippen LogP) is 4.43. The van der Waals surface area contributed by atoms with Gasteiger partial charge in [-0.3, -0.25) is 9.10 Å². The van der Waals surface area contributed by atoms with Gasteiger partial charge in [-0.25, -0.2) is 12.8 Å². The monoisotopic (exact) mass is 456 g/mol. The summed E-state index contributed by atoms with van der Waals surface area (Å²) in [5.74, 6) is -0.250. The fourth-order valence-electron chi connectivity index (χ4n) is 3.09. The van der Waals surface area contributed by atoms with Gasteiger partial charge in [-0.05, 0) is 73.0 Å². The van der Waals surface area contributed by atoms with E-state index >= 15 is 0 Å². The summed E-state index contributed by atoms with van der Waals surface area (Å²) >= 11 is 0. The van der Waals surface area contributed by atoms with Crippen LogP contribution in [0, 0.1) is 19.7 Å². The van der Waals surface area contributed by atoms with Gasteiger partial charge < -0.3 is 10.1 Å². The Bertz CT molecular complexity index is 1190. The molecule has 0 saturated heterocycles. The average molecular weight is 457 g/mol. The molecule has 0 aromatic heterocycles. The van der Waals surface area contributed by atoms with Gasteiger partial charge in [0.05, 0.1) is 18.5 Å². The highest BCUT2D eigenvalue weighted by molar-refractivity contribution is 7.92. The number of aryl methyl sites for hydroxylation is 1. The Labute approximate surface area is 187 Å². The number of sulfonamides is 1. The third-order valence-electron chi connectivity index (χ3n) is 5.01. The Morgan fingerprint density at radius 1 is 1.00 bits per heavy atom. The first-order valence-electron chi connectivity index (χ1n) is 9.94.